The van der Waals surface area contributed by atoms with Crippen molar-refractivity contribution < 1.29 is 63.5 Å². The van der Waals surface area contributed by atoms with E-state index in [0.717, 1.165) is 6.26 Å². The minimum Gasteiger partial charge on any atom is -0.508 e. The van der Waals surface area contributed by atoms with E-state index in [1.165, 1.54) is 26.4 Å². The van der Waals surface area contributed by atoms with Crippen LogP contribution in [0.25, 0.3) is 0 Å². The molecule has 5 N–H and O–H groups in total. The van der Waals surface area contributed by atoms with E-state index in [4.69, 9.17) is 28.4 Å². The maximum absolute atomic E-state index is 13.2. The van der Waals surface area contributed by atoms with Gasteiger partial charge in [0.05, 0.1) is 37.0 Å². The zero-order valence-corrected chi connectivity index (χ0v) is 21.5. The number of methoxy groups -OCH3 is 2. The highest BCUT2D eigenvalue weighted by atomic mass is 16.8. The van der Waals surface area contributed by atoms with Gasteiger partial charge in [0.25, 0.3) is 0 Å². The van der Waals surface area contributed by atoms with Gasteiger partial charge in [0.15, 0.2) is 11.9 Å². The number of hydrogen-bond donors (Lipinski definition) is 5. The van der Waals surface area contributed by atoms with Crippen LogP contribution in [-0.4, -0.2) is 101 Å². The molecule has 0 amide bonds. The lowest BCUT2D eigenvalue weighted by Gasteiger charge is -2.44. The molecule has 216 valence electrons. The molecular weight excluding hydrogens is 532 g/mol. The minimum atomic E-state index is -1.72. The van der Waals surface area contributed by atoms with Gasteiger partial charge in [-0.2, -0.15) is 0 Å². The summed E-state index contributed by atoms with van der Waals surface area (Å²) in [7, 11) is 2.62. The van der Waals surface area contributed by atoms with Crippen LogP contribution in [0.1, 0.15) is 11.7 Å². The molecule has 13 heteroatoms. The van der Waals surface area contributed by atoms with Gasteiger partial charge in [-0.3, -0.25) is 0 Å². The fourth-order valence-electron chi connectivity index (χ4n) is 5.55. The molecule has 1 fully saturated rings. The van der Waals surface area contributed by atoms with E-state index in [1.807, 2.05) is 0 Å². The number of aliphatic hydroxyl groups excluding tert-OH is 4. The Morgan fingerprint density at radius 2 is 1.80 bits per heavy atom. The monoisotopic (exact) mass is 562 g/mol. The third kappa shape index (κ3) is 4.69. The normalized spacial score (nSPS) is 37.3. The first kappa shape index (κ1) is 28.2. The second kappa shape index (κ2) is 10.9. The van der Waals surface area contributed by atoms with Gasteiger partial charge in [-0.1, -0.05) is 18.2 Å². The molecular formula is C27H30O13. The number of phenolic OH excluding ortho intramolecular Hbond substituents is 1. The maximum Gasteiger partial charge on any atom is 0.338 e. The number of esters is 2. The third-order valence-electron chi connectivity index (χ3n) is 7.59. The molecule has 13 nitrogen and oxygen atoms in total. The molecule has 1 spiro atoms. The van der Waals surface area contributed by atoms with Crippen LogP contribution in [0.4, 0.5) is 0 Å². The van der Waals surface area contributed by atoms with Gasteiger partial charge in [0.1, 0.15) is 36.3 Å². The minimum absolute atomic E-state index is 0.0364. The summed E-state index contributed by atoms with van der Waals surface area (Å²) < 4.78 is 33.5. The molecule has 3 aliphatic heterocycles. The van der Waals surface area contributed by atoms with Crippen LogP contribution >= 0.6 is 0 Å². The lowest BCUT2D eigenvalue weighted by Crippen LogP contribution is -2.60. The molecule has 0 radical (unpaired) electrons. The van der Waals surface area contributed by atoms with E-state index >= 15 is 0 Å². The zero-order chi connectivity index (χ0) is 28.8. The van der Waals surface area contributed by atoms with E-state index in [9.17, 15) is 35.1 Å². The number of phenols is 1. The van der Waals surface area contributed by atoms with Gasteiger partial charge in [0, 0.05) is 13.0 Å². The highest BCUT2D eigenvalue weighted by Gasteiger charge is 2.60. The highest BCUT2D eigenvalue weighted by Crippen LogP contribution is 2.52. The number of fused-ring (bicyclic) bond motifs is 2. The van der Waals surface area contributed by atoms with Crippen LogP contribution < -0.4 is 0 Å². The third-order valence-corrected chi connectivity index (χ3v) is 7.59. The first-order valence-corrected chi connectivity index (χ1v) is 12.5. The van der Waals surface area contributed by atoms with Gasteiger partial charge in [-0.15, -0.1) is 0 Å². The molecule has 0 bridgehead atoms. The van der Waals surface area contributed by atoms with E-state index in [0.29, 0.717) is 5.56 Å². The van der Waals surface area contributed by atoms with Crippen molar-refractivity contribution in [3.05, 3.63) is 65.5 Å². The molecule has 0 saturated carbocycles. The van der Waals surface area contributed by atoms with Crippen molar-refractivity contribution in [1.82, 2.24) is 0 Å². The van der Waals surface area contributed by atoms with E-state index < -0.39 is 79.1 Å². The van der Waals surface area contributed by atoms with Crippen LogP contribution in [0.3, 0.4) is 0 Å². The van der Waals surface area contributed by atoms with Crippen LogP contribution in [0.5, 0.6) is 5.75 Å². The molecule has 1 aliphatic carbocycles. The van der Waals surface area contributed by atoms with E-state index in [2.05, 4.69) is 0 Å². The summed E-state index contributed by atoms with van der Waals surface area (Å²) in [5.74, 6) is -3.01. The predicted octanol–water partition coefficient (Wildman–Crippen LogP) is -0.666. The number of aromatic hydroxyl groups is 1. The summed E-state index contributed by atoms with van der Waals surface area (Å²) in [4.78, 5) is 25.8. The Hall–Kier alpha value is -3.30. The zero-order valence-electron chi connectivity index (χ0n) is 21.5. The number of rotatable bonds is 7. The Morgan fingerprint density at radius 3 is 2.45 bits per heavy atom. The van der Waals surface area contributed by atoms with Crippen molar-refractivity contribution in [1.29, 1.82) is 0 Å². The topological polar surface area (TPSA) is 191 Å². The molecule has 5 rings (SSSR count). The van der Waals surface area contributed by atoms with Crippen molar-refractivity contribution in [2.45, 2.75) is 48.7 Å². The summed E-state index contributed by atoms with van der Waals surface area (Å²) in [6, 6.07) is 6.11. The van der Waals surface area contributed by atoms with Gasteiger partial charge >= 0.3 is 11.9 Å². The van der Waals surface area contributed by atoms with E-state index in [-0.39, 0.29) is 16.9 Å². The summed E-state index contributed by atoms with van der Waals surface area (Å²) >= 11 is 0. The summed E-state index contributed by atoms with van der Waals surface area (Å²) in [5.41, 5.74) is -0.645. The smallest absolute Gasteiger partial charge is 0.338 e. The number of carbonyl (C=O) groups excluding carboxylic acids is 2. The number of carbonyl (C=O) groups is 2. The van der Waals surface area contributed by atoms with E-state index in [1.54, 1.807) is 30.4 Å². The van der Waals surface area contributed by atoms with Crippen LogP contribution in [0, 0.1) is 11.8 Å². The Morgan fingerprint density at radius 1 is 1.07 bits per heavy atom. The largest absolute Gasteiger partial charge is 0.508 e. The average Bonchev–Trinajstić information content (AvgIpc) is 3.49. The molecule has 4 aliphatic rings. The SMILES string of the molecule is COC(=O)C1=CO[C@@H](O[C@@H]2O[C@H](CO)[C@@H](O)[C@H](O)[C@H]2O)[C@H]2[C@@H]1C=C[C@@]21C=C([C@H](OC)c2ccc(O)cc2)C(=O)O1. The Bertz CT molecular complexity index is 1220. The Balaban J connectivity index is 1.50. The number of benzene rings is 1. The fourth-order valence-corrected chi connectivity index (χ4v) is 5.55. The first-order valence-electron chi connectivity index (χ1n) is 12.5. The molecule has 3 heterocycles. The second-order valence-corrected chi connectivity index (χ2v) is 9.86. The lowest BCUT2D eigenvalue weighted by atomic mass is 9.78. The van der Waals surface area contributed by atoms with Gasteiger partial charge in [0.2, 0.25) is 6.29 Å². The summed E-state index contributed by atoms with van der Waals surface area (Å²) in [5, 5.41) is 50.1. The molecule has 0 aromatic heterocycles. The molecule has 1 aromatic carbocycles. The Kier molecular flexibility index (Phi) is 7.72. The van der Waals surface area contributed by atoms with Crippen LogP contribution in [0.2, 0.25) is 0 Å². The van der Waals surface area contributed by atoms with Gasteiger partial charge in [-0.25, -0.2) is 9.59 Å². The predicted molar refractivity (Wildman–Crippen MR) is 131 cm³/mol. The summed E-state index contributed by atoms with van der Waals surface area (Å²) in [6.07, 6.45) is -4.06. The second-order valence-electron chi connectivity index (χ2n) is 9.86. The number of allylic oxidation sites excluding steroid dienone is 1. The van der Waals surface area contributed by atoms with Crippen LogP contribution in [0.15, 0.2) is 59.9 Å². The van der Waals surface area contributed by atoms with Crippen molar-refractivity contribution >= 4 is 11.9 Å². The van der Waals surface area contributed by atoms with Crippen molar-refractivity contribution in [3.63, 3.8) is 0 Å². The Labute approximate surface area is 228 Å². The molecule has 1 aromatic rings. The lowest BCUT2D eigenvalue weighted by molar-refractivity contribution is -0.344. The summed E-state index contributed by atoms with van der Waals surface area (Å²) in [6.45, 7) is -0.667. The average molecular weight is 563 g/mol. The maximum atomic E-state index is 13.2. The first-order chi connectivity index (χ1) is 19.1. The quantitative estimate of drug-likeness (QED) is 0.208. The molecule has 10 atom stereocenters. The highest BCUT2D eigenvalue weighted by molar-refractivity contribution is 5.94. The van der Waals surface area contributed by atoms with Crippen molar-refractivity contribution in [3.8, 4) is 5.75 Å². The number of hydrogen-bond acceptors (Lipinski definition) is 13. The molecule has 40 heavy (non-hydrogen) atoms. The molecule has 1 saturated heterocycles. The standard InChI is InChI=1S/C27H30O13/c1-35-22(12-3-5-13(29)6-4-12)15-9-27(40-24(15)34)8-7-14-16(23(33)36-2)11-37-25(18(14)27)39-26-21(32)20(31)19(30)17(10-28)38-26/h3-9,11,14,17-22,25-26,28-32H,10H2,1-2H3/t14-,17-,18-,19-,20+,21-,22-,25+,26+,27-/m1/s1. The molecule has 0 unspecified atom stereocenters. The van der Waals surface area contributed by atoms with Gasteiger partial charge < -0.3 is 54.0 Å². The van der Waals surface area contributed by atoms with Crippen LogP contribution in [-0.2, 0) is 38.0 Å². The number of aliphatic hydroxyl groups is 4. The number of ether oxygens (including phenoxy) is 6. The van der Waals surface area contributed by atoms with Crippen molar-refractivity contribution in [2.75, 3.05) is 20.8 Å². The van der Waals surface area contributed by atoms with Gasteiger partial charge in [-0.05, 0) is 29.8 Å². The fraction of sp³-hybridized carbons (Fsp3) is 0.481. The van der Waals surface area contributed by atoms with Crippen molar-refractivity contribution in [2.24, 2.45) is 11.8 Å².